The zero-order valence-electron chi connectivity index (χ0n) is 14.7. The number of benzene rings is 2. The van der Waals surface area contributed by atoms with Gasteiger partial charge in [0.15, 0.2) is 5.82 Å². The summed E-state index contributed by atoms with van der Waals surface area (Å²) in [6, 6.07) is 17.5. The van der Waals surface area contributed by atoms with Crippen molar-refractivity contribution < 1.29 is 4.79 Å². The number of rotatable bonds is 5. The van der Waals surface area contributed by atoms with Gasteiger partial charge in [0, 0.05) is 30.4 Å². The van der Waals surface area contributed by atoms with Crippen molar-refractivity contribution in [2.75, 3.05) is 16.8 Å². The number of carbonyl (C=O) groups excluding carboxylic acids is 1. The summed E-state index contributed by atoms with van der Waals surface area (Å²) >= 11 is 6.40. The summed E-state index contributed by atoms with van der Waals surface area (Å²) in [5.74, 6) is 0.836. The third-order valence-electron chi connectivity index (χ3n) is 4.53. The summed E-state index contributed by atoms with van der Waals surface area (Å²) in [6.45, 7) is 1.29. The Hall–Kier alpha value is -2.92. The van der Waals surface area contributed by atoms with E-state index in [1.807, 2.05) is 54.6 Å². The molecule has 1 fully saturated rings. The zero-order chi connectivity index (χ0) is 18.6. The highest BCUT2D eigenvalue weighted by Gasteiger charge is 2.23. The van der Waals surface area contributed by atoms with E-state index in [-0.39, 0.29) is 5.91 Å². The first kappa shape index (κ1) is 17.5. The molecule has 2 heterocycles. The third-order valence-corrected chi connectivity index (χ3v) is 4.83. The average Bonchev–Trinajstić information content (AvgIpc) is 3.13. The minimum Gasteiger partial charge on any atom is -0.379 e. The molecule has 0 radical (unpaired) electrons. The molecule has 2 aromatic carbocycles. The Morgan fingerprint density at radius 1 is 1.11 bits per heavy atom. The number of hydrogen-bond donors (Lipinski definition) is 1. The molecular weight excluding hydrogens is 360 g/mol. The Kier molecular flexibility index (Phi) is 5.03. The molecule has 4 rings (SSSR count). The molecule has 0 bridgehead atoms. The van der Waals surface area contributed by atoms with Gasteiger partial charge in [-0.3, -0.25) is 4.79 Å². The van der Waals surface area contributed by atoms with Crippen molar-refractivity contribution in [2.45, 2.75) is 19.4 Å². The van der Waals surface area contributed by atoms with Crippen LogP contribution in [-0.4, -0.2) is 22.4 Å². The van der Waals surface area contributed by atoms with E-state index in [1.165, 1.54) is 0 Å². The first-order valence-electron chi connectivity index (χ1n) is 8.92. The van der Waals surface area contributed by atoms with Crippen molar-refractivity contribution in [1.29, 1.82) is 0 Å². The fourth-order valence-electron chi connectivity index (χ4n) is 3.15. The predicted molar refractivity (Wildman–Crippen MR) is 108 cm³/mol. The third kappa shape index (κ3) is 3.93. The van der Waals surface area contributed by atoms with Crippen LogP contribution in [0.2, 0.25) is 5.02 Å². The molecule has 0 unspecified atom stereocenters. The van der Waals surface area contributed by atoms with Gasteiger partial charge in [0.25, 0.3) is 0 Å². The van der Waals surface area contributed by atoms with Gasteiger partial charge in [0.1, 0.15) is 0 Å². The number of nitrogens with zero attached hydrogens (tertiary/aromatic N) is 3. The Balaban J connectivity index is 1.46. The minimum absolute atomic E-state index is 0.132. The smallest absolute Gasteiger partial charge is 0.227 e. The van der Waals surface area contributed by atoms with Crippen LogP contribution in [0.15, 0.2) is 60.8 Å². The quantitative estimate of drug-likeness (QED) is 0.708. The van der Waals surface area contributed by atoms with Crippen LogP contribution < -0.4 is 10.2 Å². The lowest BCUT2D eigenvalue weighted by atomic mass is 10.2. The molecule has 1 aliphatic heterocycles. The zero-order valence-corrected chi connectivity index (χ0v) is 15.5. The summed E-state index contributed by atoms with van der Waals surface area (Å²) in [5.41, 5.74) is 3.54. The van der Waals surface area contributed by atoms with Crippen molar-refractivity contribution in [3.8, 4) is 11.4 Å². The van der Waals surface area contributed by atoms with Crippen LogP contribution in [0.4, 0.5) is 11.4 Å². The van der Waals surface area contributed by atoms with Crippen LogP contribution in [0.3, 0.4) is 0 Å². The lowest BCUT2D eigenvalue weighted by Crippen LogP contribution is -2.23. The first-order valence-corrected chi connectivity index (χ1v) is 9.29. The molecule has 1 N–H and O–H groups in total. The summed E-state index contributed by atoms with van der Waals surface area (Å²) in [7, 11) is 0. The van der Waals surface area contributed by atoms with E-state index in [0.717, 1.165) is 35.6 Å². The van der Waals surface area contributed by atoms with E-state index in [9.17, 15) is 4.79 Å². The van der Waals surface area contributed by atoms with Gasteiger partial charge in [-0.1, -0.05) is 41.9 Å². The average molecular weight is 379 g/mol. The second-order valence-electron chi connectivity index (χ2n) is 6.41. The summed E-state index contributed by atoms with van der Waals surface area (Å²) in [5, 5.41) is 3.90. The van der Waals surface area contributed by atoms with Crippen LogP contribution in [0.25, 0.3) is 11.4 Å². The van der Waals surface area contributed by atoms with E-state index in [1.54, 1.807) is 11.1 Å². The SMILES string of the molecule is O=C1CCCN1c1ccc(NCc2ccnc(-c3ccccc3)n2)cc1Cl. The molecule has 6 heteroatoms. The van der Waals surface area contributed by atoms with Gasteiger partial charge in [-0.25, -0.2) is 9.97 Å². The van der Waals surface area contributed by atoms with Crippen molar-refractivity contribution in [3.05, 3.63) is 71.5 Å². The van der Waals surface area contributed by atoms with E-state index in [0.29, 0.717) is 23.8 Å². The van der Waals surface area contributed by atoms with Crippen LogP contribution in [0.1, 0.15) is 18.5 Å². The molecule has 0 saturated carbocycles. The topological polar surface area (TPSA) is 58.1 Å². The van der Waals surface area contributed by atoms with E-state index in [4.69, 9.17) is 11.6 Å². The number of nitrogens with one attached hydrogen (secondary N) is 1. The summed E-state index contributed by atoms with van der Waals surface area (Å²) < 4.78 is 0. The van der Waals surface area contributed by atoms with Gasteiger partial charge in [-0.15, -0.1) is 0 Å². The van der Waals surface area contributed by atoms with E-state index < -0.39 is 0 Å². The molecule has 1 saturated heterocycles. The normalized spacial score (nSPS) is 13.8. The van der Waals surface area contributed by atoms with Gasteiger partial charge in [-0.2, -0.15) is 0 Å². The predicted octanol–water partition coefficient (Wildman–Crippen LogP) is 4.54. The molecule has 1 aliphatic rings. The highest BCUT2D eigenvalue weighted by Crippen LogP contribution is 2.31. The number of amides is 1. The second-order valence-corrected chi connectivity index (χ2v) is 6.81. The molecule has 3 aromatic rings. The number of carbonyl (C=O) groups is 1. The lowest BCUT2D eigenvalue weighted by Gasteiger charge is -2.18. The van der Waals surface area contributed by atoms with Crippen LogP contribution in [0.5, 0.6) is 0 Å². The van der Waals surface area contributed by atoms with E-state index in [2.05, 4.69) is 15.3 Å². The Bertz CT molecular complexity index is 961. The second kappa shape index (κ2) is 7.76. The van der Waals surface area contributed by atoms with Crippen molar-refractivity contribution in [2.24, 2.45) is 0 Å². The van der Waals surface area contributed by atoms with Gasteiger partial charge < -0.3 is 10.2 Å². The first-order chi connectivity index (χ1) is 13.2. The van der Waals surface area contributed by atoms with Crippen molar-refractivity contribution in [3.63, 3.8) is 0 Å². The van der Waals surface area contributed by atoms with Gasteiger partial charge in [0.05, 0.1) is 22.9 Å². The number of hydrogen-bond acceptors (Lipinski definition) is 4. The van der Waals surface area contributed by atoms with Crippen LogP contribution >= 0.6 is 11.6 Å². The summed E-state index contributed by atoms with van der Waals surface area (Å²) in [4.78, 5) is 22.6. The summed E-state index contributed by atoms with van der Waals surface area (Å²) in [6.07, 6.45) is 3.24. The molecule has 5 nitrogen and oxygen atoms in total. The fourth-order valence-corrected chi connectivity index (χ4v) is 3.43. The standard InChI is InChI=1S/C21H19ClN4O/c22-18-13-16(8-9-19(18)26-12-4-7-20(26)27)24-14-17-10-11-23-21(25-17)15-5-2-1-3-6-15/h1-3,5-6,8-11,13,24H,4,7,12,14H2. The maximum atomic E-state index is 11.9. The number of aromatic nitrogens is 2. The number of anilines is 2. The fraction of sp³-hybridized carbons (Fsp3) is 0.190. The maximum absolute atomic E-state index is 11.9. The van der Waals surface area contributed by atoms with Gasteiger partial charge in [-0.05, 0) is 30.7 Å². The highest BCUT2D eigenvalue weighted by molar-refractivity contribution is 6.34. The molecular formula is C21H19ClN4O. The molecule has 1 amide bonds. The Morgan fingerprint density at radius 3 is 2.70 bits per heavy atom. The van der Waals surface area contributed by atoms with Crippen molar-refractivity contribution >= 4 is 28.9 Å². The van der Waals surface area contributed by atoms with Gasteiger partial charge >= 0.3 is 0 Å². The molecule has 0 spiro atoms. The lowest BCUT2D eigenvalue weighted by molar-refractivity contribution is -0.117. The molecule has 27 heavy (non-hydrogen) atoms. The molecule has 0 atom stereocenters. The van der Waals surface area contributed by atoms with Crippen LogP contribution in [0, 0.1) is 0 Å². The van der Waals surface area contributed by atoms with Gasteiger partial charge in [0.2, 0.25) is 5.91 Å². The Labute approximate surface area is 163 Å². The Morgan fingerprint density at radius 2 is 1.96 bits per heavy atom. The molecule has 1 aromatic heterocycles. The van der Waals surface area contributed by atoms with Crippen LogP contribution in [-0.2, 0) is 11.3 Å². The number of halogens is 1. The highest BCUT2D eigenvalue weighted by atomic mass is 35.5. The van der Waals surface area contributed by atoms with E-state index >= 15 is 0 Å². The van der Waals surface area contributed by atoms with Crippen molar-refractivity contribution in [1.82, 2.24) is 9.97 Å². The molecule has 136 valence electrons. The monoisotopic (exact) mass is 378 g/mol. The molecule has 0 aliphatic carbocycles. The maximum Gasteiger partial charge on any atom is 0.227 e. The largest absolute Gasteiger partial charge is 0.379 e. The minimum atomic E-state index is 0.132.